The minimum Gasteiger partial charge on any atom is -0.385 e. The summed E-state index contributed by atoms with van der Waals surface area (Å²) in [4.78, 5) is 25.8. The third kappa shape index (κ3) is 4.28. The highest BCUT2D eigenvalue weighted by atomic mass is 79.9. The molecule has 1 saturated heterocycles. The summed E-state index contributed by atoms with van der Waals surface area (Å²) in [5.41, 5.74) is 0.823. The van der Waals surface area contributed by atoms with Crippen molar-refractivity contribution in [2.45, 2.75) is 12.8 Å². The van der Waals surface area contributed by atoms with Crippen molar-refractivity contribution in [3.05, 3.63) is 28.7 Å². The predicted molar refractivity (Wildman–Crippen MR) is 84.1 cm³/mol. The molecule has 1 heterocycles. The van der Waals surface area contributed by atoms with Gasteiger partial charge in [-0.1, -0.05) is 22.0 Å². The Morgan fingerprint density at radius 2 is 2.33 bits per heavy atom. The van der Waals surface area contributed by atoms with Gasteiger partial charge < -0.3 is 15.0 Å². The molecule has 1 fully saturated rings. The number of ether oxygens (including phenoxy) is 1. The molecule has 0 bridgehead atoms. The van der Waals surface area contributed by atoms with E-state index < -0.39 is 0 Å². The normalized spacial score (nSPS) is 18.1. The minimum atomic E-state index is -0.279. The van der Waals surface area contributed by atoms with Gasteiger partial charge in [0.05, 0.1) is 5.92 Å². The molecule has 0 spiro atoms. The van der Waals surface area contributed by atoms with Crippen LogP contribution in [0.15, 0.2) is 28.7 Å². The Labute approximate surface area is 132 Å². The maximum atomic E-state index is 12.1. The molecule has 1 atom stereocenters. The monoisotopic (exact) mass is 354 g/mol. The van der Waals surface area contributed by atoms with Crippen LogP contribution in [0.4, 0.5) is 5.69 Å². The molecule has 0 saturated carbocycles. The van der Waals surface area contributed by atoms with Gasteiger partial charge >= 0.3 is 0 Å². The number of anilines is 1. The number of nitrogens with zero attached hydrogens (tertiary/aromatic N) is 1. The van der Waals surface area contributed by atoms with E-state index in [1.54, 1.807) is 12.0 Å². The number of hydrogen-bond donors (Lipinski definition) is 1. The third-order valence-corrected chi connectivity index (χ3v) is 3.93. The van der Waals surface area contributed by atoms with Gasteiger partial charge in [-0.25, -0.2) is 0 Å². The summed E-state index contributed by atoms with van der Waals surface area (Å²) in [5.74, 6) is -0.346. The fraction of sp³-hybridized carbons (Fsp3) is 0.467. The molecule has 1 unspecified atom stereocenters. The lowest BCUT2D eigenvalue weighted by Gasteiger charge is -2.17. The van der Waals surface area contributed by atoms with Crippen molar-refractivity contribution >= 4 is 33.4 Å². The van der Waals surface area contributed by atoms with E-state index in [-0.39, 0.29) is 24.2 Å². The molecule has 114 valence electrons. The van der Waals surface area contributed by atoms with Crippen molar-refractivity contribution in [1.29, 1.82) is 0 Å². The average Bonchev–Trinajstić information content (AvgIpc) is 2.85. The SMILES string of the molecule is COCCCNC(=O)C1CC(=O)N(c2cccc(Br)c2)C1. The van der Waals surface area contributed by atoms with E-state index in [0.717, 1.165) is 16.6 Å². The highest BCUT2D eigenvalue weighted by Crippen LogP contribution is 2.27. The van der Waals surface area contributed by atoms with Crippen LogP contribution in [0.2, 0.25) is 0 Å². The lowest BCUT2D eigenvalue weighted by atomic mass is 10.1. The highest BCUT2D eigenvalue weighted by molar-refractivity contribution is 9.10. The second-order valence-electron chi connectivity index (χ2n) is 5.02. The van der Waals surface area contributed by atoms with Gasteiger partial charge in [-0.05, 0) is 24.6 Å². The summed E-state index contributed by atoms with van der Waals surface area (Å²) in [6, 6.07) is 7.55. The first-order valence-corrected chi connectivity index (χ1v) is 7.73. The number of nitrogens with one attached hydrogen (secondary N) is 1. The molecular formula is C15H19BrN2O3. The molecule has 6 heteroatoms. The molecule has 1 aliphatic heterocycles. The largest absolute Gasteiger partial charge is 0.385 e. The molecule has 0 radical (unpaired) electrons. The number of rotatable bonds is 6. The van der Waals surface area contributed by atoms with Gasteiger partial charge in [-0.15, -0.1) is 0 Å². The number of carbonyl (C=O) groups excluding carboxylic acids is 2. The number of benzene rings is 1. The second kappa shape index (κ2) is 7.56. The number of carbonyl (C=O) groups is 2. The molecule has 5 nitrogen and oxygen atoms in total. The Morgan fingerprint density at radius 1 is 1.52 bits per heavy atom. The predicted octanol–water partition coefficient (Wildman–Crippen LogP) is 1.95. The summed E-state index contributed by atoms with van der Waals surface area (Å²) in [5, 5.41) is 2.86. The van der Waals surface area contributed by atoms with Crippen LogP contribution < -0.4 is 10.2 Å². The number of methoxy groups -OCH3 is 1. The standard InChI is InChI=1S/C15H19BrN2O3/c1-21-7-3-6-17-15(20)11-8-14(19)18(10-11)13-5-2-4-12(16)9-13/h2,4-5,9,11H,3,6-8,10H2,1H3,(H,17,20). The summed E-state index contributed by atoms with van der Waals surface area (Å²) < 4.78 is 5.85. The molecule has 1 aromatic carbocycles. The molecule has 0 aromatic heterocycles. The number of hydrogen-bond acceptors (Lipinski definition) is 3. The van der Waals surface area contributed by atoms with Gasteiger partial charge in [0, 0.05) is 43.4 Å². The third-order valence-electron chi connectivity index (χ3n) is 3.44. The van der Waals surface area contributed by atoms with Crippen LogP contribution >= 0.6 is 15.9 Å². The van der Waals surface area contributed by atoms with Crippen LogP contribution in [0, 0.1) is 5.92 Å². The van der Waals surface area contributed by atoms with E-state index in [4.69, 9.17) is 4.74 Å². The van der Waals surface area contributed by atoms with Crippen molar-refractivity contribution in [2.24, 2.45) is 5.92 Å². The summed E-state index contributed by atoms with van der Waals surface area (Å²) in [6.45, 7) is 1.63. The first-order valence-electron chi connectivity index (χ1n) is 6.94. The number of halogens is 1. The van der Waals surface area contributed by atoms with Gasteiger partial charge in [-0.3, -0.25) is 9.59 Å². The Bertz CT molecular complexity index is 521. The molecule has 1 aromatic rings. The zero-order valence-electron chi connectivity index (χ0n) is 12.0. The van der Waals surface area contributed by atoms with Gasteiger partial charge in [0.1, 0.15) is 0 Å². The van der Waals surface area contributed by atoms with E-state index in [9.17, 15) is 9.59 Å². The van der Waals surface area contributed by atoms with Crippen molar-refractivity contribution < 1.29 is 14.3 Å². The van der Waals surface area contributed by atoms with E-state index in [1.807, 2.05) is 24.3 Å². The Kier molecular flexibility index (Phi) is 5.76. The molecule has 1 N–H and O–H groups in total. The van der Waals surface area contributed by atoms with E-state index in [2.05, 4.69) is 21.2 Å². The number of amides is 2. The molecular weight excluding hydrogens is 336 g/mol. The van der Waals surface area contributed by atoms with Gasteiger partial charge in [0.15, 0.2) is 0 Å². The highest BCUT2D eigenvalue weighted by Gasteiger charge is 2.34. The lowest BCUT2D eigenvalue weighted by molar-refractivity contribution is -0.126. The quantitative estimate of drug-likeness (QED) is 0.794. The Balaban J connectivity index is 1.91. The fourth-order valence-corrected chi connectivity index (χ4v) is 2.74. The molecule has 1 aliphatic rings. The summed E-state index contributed by atoms with van der Waals surface area (Å²) in [7, 11) is 1.63. The molecule has 21 heavy (non-hydrogen) atoms. The van der Waals surface area contributed by atoms with Crippen LogP contribution in [0.3, 0.4) is 0 Å². The zero-order chi connectivity index (χ0) is 15.2. The Hall–Kier alpha value is -1.40. The molecule has 2 amide bonds. The maximum absolute atomic E-state index is 12.1. The zero-order valence-corrected chi connectivity index (χ0v) is 13.6. The second-order valence-corrected chi connectivity index (χ2v) is 5.94. The van der Waals surface area contributed by atoms with Gasteiger partial charge in [-0.2, -0.15) is 0 Å². The van der Waals surface area contributed by atoms with Gasteiger partial charge in [0.2, 0.25) is 11.8 Å². The summed E-state index contributed by atoms with van der Waals surface area (Å²) in [6.07, 6.45) is 1.04. The van der Waals surface area contributed by atoms with Crippen LogP contribution in [0.5, 0.6) is 0 Å². The molecule has 2 rings (SSSR count). The van der Waals surface area contributed by atoms with Crippen LogP contribution in [0.25, 0.3) is 0 Å². The lowest BCUT2D eigenvalue weighted by Crippen LogP contribution is -2.33. The van der Waals surface area contributed by atoms with Crippen LogP contribution in [0.1, 0.15) is 12.8 Å². The van der Waals surface area contributed by atoms with E-state index in [1.165, 1.54) is 0 Å². The first kappa shape index (κ1) is 16.0. The topological polar surface area (TPSA) is 58.6 Å². The first-order chi connectivity index (χ1) is 10.1. The van der Waals surface area contributed by atoms with Crippen molar-refractivity contribution in [3.63, 3.8) is 0 Å². The van der Waals surface area contributed by atoms with E-state index >= 15 is 0 Å². The van der Waals surface area contributed by atoms with E-state index in [0.29, 0.717) is 19.7 Å². The Morgan fingerprint density at radius 3 is 3.05 bits per heavy atom. The van der Waals surface area contributed by atoms with Crippen LogP contribution in [-0.4, -0.2) is 38.6 Å². The van der Waals surface area contributed by atoms with Gasteiger partial charge in [0.25, 0.3) is 0 Å². The van der Waals surface area contributed by atoms with Crippen LogP contribution in [-0.2, 0) is 14.3 Å². The summed E-state index contributed by atoms with van der Waals surface area (Å²) >= 11 is 3.39. The maximum Gasteiger partial charge on any atom is 0.227 e. The average molecular weight is 355 g/mol. The van der Waals surface area contributed by atoms with Crippen molar-refractivity contribution in [3.8, 4) is 0 Å². The smallest absolute Gasteiger partial charge is 0.227 e. The van der Waals surface area contributed by atoms with Crippen molar-refractivity contribution in [1.82, 2.24) is 5.32 Å². The fourth-order valence-electron chi connectivity index (χ4n) is 2.35. The minimum absolute atomic E-state index is 0.00913. The molecule has 0 aliphatic carbocycles. The van der Waals surface area contributed by atoms with Crippen molar-refractivity contribution in [2.75, 3.05) is 31.7 Å².